The molecule has 1 aromatic heterocycles. The molecule has 0 unspecified atom stereocenters. The van der Waals surface area contributed by atoms with E-state index in [-0.39, 0.29) is 0 Å². The first-order valence-electron chi connectivity index (χ1n) is 5.66. The van der Waals surface area contributed by atoms with Crippen LogP contribution in [0.5, 0.6) is 0 Å². The predicted octanol–water partition coefficient (Wildman–Crippen LogP) is 2.65. The van der Waals surface area contributed by atoms with Crippen LogP contribution in [0.3, 0.4) is 0 Å². The number of aromatic nitrogens is 2. The van der Waals surface area contributed by atoms with Gasteiger partial charge >= 0.3 is 6.18 Å². The molecule has 0 fully saturated rings. The van der Waals surface area contributed by atoms with Crippen LogP contribution in [0.2, 0.25) is 0 Å². The van der Waals surface area contributed by atoms with Gasteiger partial charge in [0.15, 0.2) is 0 Å². The van der Waals surface area contributed by atoms with E-state index in [1.807, 2.05) is 0 Å². The molecule has 1 aromatic carbocycles. The Morgan fingerprint density at radius 3 is 2.26 bits per heavy atom. The average molecular weight is 287 g/mol. The average Bonchev–Trinajstić information content (AvgIpc) is 2.77. The Labute approximate surface area is 112 Å². The zero-order valence-electron chi connectivity index (χ0n) is 9.94. The van der Waals surface area contributed by atoms with Crippen molar-refractivity contribution in [2.45, 2.75) is 19.0 Å². The monoisotopic (exact) mass is 287 g/mol. The molecule has 19 heavy (non-hydrogen) atoms. The molecule has 0 amide bonds. The highest BCUT2D eigenvalue weighted by Crippen LogP contribution is 2.29. The van der Waals surface area contributed by atoms with Crippen molar-refractivity contribution in [1.82, 2.24) is 10.2 Å². The first-order valence-corrected chi connectivity index (χ1v) is 6.48. The summed E-state index contributed by atoms with van der Waals surface area (Å²) in [7, 11) is 0. The third kappa shape index (κ3) is 3.74. The van der Waals surface area contributed by atoms with Gasteiger partial charge in [-0.15, -0.1) is 21.5 Å². The van der Waals surface area contributed by atoms with Crippen molar-refractivity contribution >= 4 is 11.3 Å². The molecule has 2 aromatic rings. The van der Waals surface area contributed by atoms with Crippen molar-refractivity contribution in [3.05, 3.63) is 45.4 Å². The molecule has 0 spiro atoms. The van der Waals surface area contributed by atoms with Gasteiger partial charge in [-0.05, 0) is 24.2 Å². The van der Waals surface area contributed by atoms with Crippen LogP contribution in [0.4, 0.5) is 13.2 Å². The molecule has 1 heterocycles. The van der Waals surface area contributed by atoms with E-state index in [9.17, 15) is 13.2 Å². The SMILES string of the molecule is NCCc1nnc(Cc2ccc(C(F)(F)F)cc2)s1. The summed E-state index contributed by atoms with van der Waals surface area (Å²) in [5.74, 6) is 0. The molecule has 0 saturated heterocycles. The number of hydrogen-bond acceptors (Lipinski definition) is 4. The second-order valence-electron chi connectivity index (χ2n) is 4.00. The topological polar surface area (TPSA) is 51.8 Å². The Kier molecular flexibility index (Phi) is 4.16. The first kappa shape index (κ1) is 14.0. The van der Waals surface area contributed by atoms with Crippen molar-refractivity contribution in [3.63, 3.8) is 0 Å². The van der Waals surface area contributed by atoms with Crippen LogP contribution in [0, 0.1) is 0 Å². The van der Waals surface area contributed by atoms with Gasteiger partial charge in [0.25, 0.3) is 0 Å². The van der Waals surface area contributed by atoms with Crippen molar-refractivity contribution in [2.24, 2.45) is 5.73 Å². The number of hydrogen-bond donors (Lipinski definition) is 1. The molecule has 3 nitrogen and oxygen atoms in total. The number of rotatable bonds is 4. The highest BCUT2D eigenvalue weighted by molar-refractivity contribution is 7.11. The summed E-state index contributed by atoms with van der Waals surface area (Å²) in [4.78, 5) is 0. The lowest BCUT2D eigenvalue weighted by Gasteiger charge is -2.06. The fraction of sp³-hybridized carbons (Fsp3) is 0.333. The Morgan fingerprint density at radius 2 is 1.68 bits per heavy atom. The van der Waals surface area contributed by atoms with Gasteiger partial charge in [-0.2, -0.15) is 13.2 Å². The van der Waals surface area contributed by atoms with E-state index in [0.717, 1.165) is 27.7 Å². The molecule has 0 radical (unpaired) electrons. The summed E-state index contributed by atoms with van der Waals surface area (Å²) in [6.07, 6.45) is -3.14. The van der Waals surface area contributed by atoms with Gasteiger partial charge in [0, 0.05) is 12.8 Å². The summed E-state index contributed by atoms with van der Waals surface area (Å²) < 4.78 is 37.2. The summed E-state index contributed by atoms with van der Waals surface area (Å²) in [6.45, 7) is 0.509. The van der Waals surface area contributed by atoms with E-state index in [1.54, 1.807) is 0 Å². The molecule has 0 bridgehead atoms. The van der Waals surface area contributed by atoms with Gasteiger partial charge in [0.2, 0.25) is 0 Å². The smallest absolute Gasteiger partial charge is 0.330 e. The summed E-state index contributed by atoms with van der Waals surface area (Å²) in [5, 5.41) is 9.59. The molecular formula is C12H12F3N3S. The van der Waals surface area contributed by atoms with E-state index in [2.05, 4.69) is 10.2 Å². The normalized spacial score (nSPS) is 11.8. The minimum atomic E-state index is -4.30. The molecule has 7 heteroatoms. The fourth-order valence-electron chi connectivity index (χ4n) is 1.57. The second-order valence-corrected chi connectivity index (χ2v) is 5.15. The summed E-state index contributed by atoms with van der Waals surface area (Å²) >= 11 is 1.44. The molecular weight excluding hydrogens is 275 g/mol. The molecule has 102 valence electrons. The quantitative estimate of drug-likeness (QED) is 0.940. The van der Waals surface area contributed by atoms with Gasteiger partial charge in [-0.1, -0.05) is 12.1 Å². The van der Waals surface area contributed by atoms with E-state index >= 15 is 0 Å². The van der Waals surface area contributed by atoms with E-state index in [1.165, 1.54) is 23.5 Å². The number of alkyl halides is 3. The Bertz CT molecular complexity index is 534. The van der Waals surface area contributed by atoms with Crippen molar-refractivity contribution in [3.8, 4) is 0 Å². The second kappa shape index (κ2) is 5.66. The summed E-state index contributed by atoms with van der Waals surface area (Å²) in [5.41, 5.74) is 5.55. The highest BCUT2D eigenvalue weighted by Gasteiger charge is 2.29. The van der Waals surface area contributed by atoms with Crippen LogP contribution >= 0.6 is 11.3 Å². The molecule has 0 saturated carbocycles. The number of nitrogens with two attached hydrogens (primary N) is 1. The van der Waals surface area contributed by atoms with Crippen LogP contribution in [0.15, 0.2) is 24.3 Å². The lowest BCUT2D eigenvalue weighted by atomic mass is 10.1. The van der Waals surface area contributed by atoms with Gasteiger partial charge in [0.1, 0.15) is 10.0 Å². The maximum Gasteiger partial charge on any atom is 0.416 e. The lowest BCUT2D eigenvalue weighted by Crippen LogP contribution is -2.04. The molecule has 0 aliphatic rings. The van der Waals surface area contributed by atoms with E-state index < -0.39 is 11.7 Å². The molecule has 0 aliphatic carbocycles. The number of halogens is 3. The first-order chi connectivity index (χ1) is 8.99. The summed E-state index contributed by atoms with van der Waals surface area (Å²) in [6, 6.07) is 5.09. The van der Waals surface area contributed by atoms with Crippen LogP contribution in [0.25, 0.3) is 0 Å². The number of benzene rings is 1. The van der Waals surface area contributed by atoms with E-state index in [4.69, 9.17) is 5.73 Å². The van der Waals surface area contributed by atoms with Crippen molar-refractivity contribution < 1.29 is 13.2 Å². The standard InChI is InChI=1S/C12H12F3N3S/c13-12(14,15)9-3-1-8(2-4-9)7-11-18-17-10(19-11)5-6-16/h1-4H,5-7,16H2. The zero-order valence-corrected chi connectivity index (χ0v) is 10.8. The Hall–Kier alpha value is -1.47. The van der Waals surface area contributed by atoms with Gasteiger partial charge in [0.05, 0.1) is 5.56 Å². The maximum atomic E-state index is 12.4. The Morgan fingerprint density at radius 1 is 1.05 bits per heavy atom. The molecule has 2 N–H and O–H groups in total. The van der Waals surface area contributed by atoms with Gasteiger partial charge in [-0.3, -0.25) is 0 Å². The molecule has 0 atom stereocenters. The largest absolute Gasteiger partial charge is 0.416 e. The highest BCUT2D eigenvalue weighted by atomic mass is 32.1. The predicted molar refractivity (Wildman–Crippen MR) is 66.9 cm³/mol. The van der Waals surface area contributed by atoms with Crippen molar-refractivity contribution in [1.29, 1.82) is 0 Å². The molecule has 0 aliphatic heterocycles. The minimum Gasteiger partial charge on any atom is -0.330 e. The third-order valence-corrected chi connectivity index (χ3v) is 3.49. The molecule has 2 rings (SSSR count). The fourth-order valence-corrected chi connectivity index (χ4v) is 2.46. The maximum absolute atomic E-state index is 12.4. The van der Waals surface area contributed by atoms with Crippen molar-refractivity contribution in [2.75, 3.05) is 6.54 Å². The number of nitrogens with zero attached hydrogens (tertiary/aromatic N) is 2. The van der Waals surface area contributed by atoms with E-state index in [0.29, 0.717) is 19.4 Å². The van der Waals surface area contributed by atoms with Gasteiger partial charge < -0.3 is 5.73 Å². The Balaban J connectivity index is 2.06. The lowest BCUT2D eigenvalue weighted by molar-refractivity contribution is -0.137. The van der Waals surface area contributed by atoms with Gasteiger partial charge in [-0.25, -0.2) is 0 Å². The third-order valence-electron chi connectivity index (χ3n) is 2.50. The van der Waals surface area contributed by atoms with Crippen LogP contribution in [-0.4, -0.2) is 16.7 Å². The zero-order chi connectivity index (χ0) is 13.9. The van der Waals surface area contributed by atoms with Crippen LogP contribution < -0.4 is 5.73 Å². The minimum absolute atomic E-state index is 0.486. The van der Waals surface area contributed by atoms with Crippen LogP contribution in [-0.2, 0) is 19.0 Å². The van der Waals surface area contributed by atoms with Crippen LogP contribution in [0.1, 0.15) is 21.1 Å².